The van der Waals surface area contributed by atoms with Gasteiger partial charge in [-0.15, -0.1) is 0 Å². The molecule has 0 radical (unpaired) electrons. The van der Waals surface area contributed by atoms with Gasteiger partial charge in [0.1, 0.15) is 5.82 Å². The van der Waals surface area contributed by atoms with Crippen molar-refractivity contribution in [1.29, 1.82) is 0 Å². The third-order valence-electron chi connectivity index (χ3n) is 2.58. The first-order valence-corrected chi connectivity index (χ1v) is 5.36. The number of hydrogen-bond acceptors (Lipinski definition) is 2. The number of ether oxygens (including phenoxy) is 1. The number of methoxy groups -OCH3 is 1. The van der Waals surface area contributed by atoms with Crippen LogP contribution in [0.4, 0.5) is 13.2 Å². The van der Waals surface area contributed by atoms with Crippen molar-refractivity contribution in [1.82, 2.24) is 0 Å². The zero-order chi connectivity index (χ0) is 14.0. The first-order valence-electron chi connectivity index (χ1n) is 5.36. The monoisotopic (exact) mass is 266 g/mol. The van der Waals surface area contributed by atoms with Crippen molar-refractivity contribution in [2.75, 3.05) is 7.11 Å². The third-order valence-corrected chi connectivity index (χ3v) is 2.58. The molecular formula is C14H9F3O2. The maximum atomic E-state index is 13.6. The van der Waals surface area contributed by atoms with Gasteiger partial charge in [0, 0.05) is 5.56 Å². The number of halogens is 3. The molecule has 0 atom stereocenters. The van der Waals surface area contributed by atoms with Crippen molar-refractivity contribution in [3.8, 4) is 11.1 Å². The molecule has 0 N–H and O–H groups in total. The van der Waals surface area contributed by atoms with E-state index in [0.29, 0.717) is 0 Å². The summed E-state index contributed by atoms with van der Waals surface area (Å²) in [5.74, 6) is -3.62. The molecule has 5 heteroatoms. The minimum absolute atomic E-state index is 0.0670. The van der Waals surface area contributed by atoms with Crippen LogP contribution in [0.3, 0.4) is 0 Å². The van der Waals surface area contributed by atoms with Gasteiger partial charge in [0.15, 0.2) is 11.6 Å². The van der Waals surface area contributed by atoms with Crippen molar-refractivity contribution in [3.63, 3.8) is 0 Å². The molecule has 0 saturated heterocycles. The van der Waals surface area contributed by atoms with Crippen LogP contribution in [0, 0.1) is 17.5 Å². The molecule has 98 valence electrons. The second-order valence-corrected chi connectivity index (χ2v) is 3.82. The molecule has 0 unspecified atom stereocenters. The molecule has 0 aliphatic carbocycles. The second-order valence-electron chi connectivity index (χ2n) is 3.82. The molecular weight excluding hydrogens is 257 g/mol. The van der Waals surface area contributed by atoms with Crippen LogP contribution in [-0.2, 0) is 4.74 Å². The highest BCUT2D eigenvalue weighted by atomic mass is 19.2. The molecule has 0 aliphatic rings. The van der Waals surface area contributed by atoms with Crippen LogP contribution in [-0.4, -0.2) is 13.1 Å². The van der Waals surface area contributed by atoms with E-state index in [-0.39, 0.29) is 16.7 Å². The molecule has 0 heterocycles. The molecule has 2 rings (SSSR count). The van der Waals surface area contributed by atoms with Crippen molar-refractivity contribution in [2.24, 2.45) is 0 Å². The fourth-order valence-corrected chi connectivity index (χ4v) is 1.71. The van der Waals surface area contributed by atoms with Gasteiger partial charge in [-0.3, -0.25) is 0 Å². The average molecular weight is 266 g/mol. The summed E-state index contributed by atoms with van der Waals surface area (Å²) >= 11 is 0. The van der Waals surface area contributed by atoms with E-state index in [1.165, 1.54) is 18.2 Å². The molecule has 0 saturated carbocycles. The highest BCUT2D eigenvalue weighted by Crippen LogP contribution is 2.26. The van der Waals surface area contributed by atoms with Gasteiger partial charge in [-0.1, -0.05) is 12.1 Å². The van der Waals surface area contributed by atoms with Gasteiger partial charge in [-0.2, -0.15) is 0 Å². The maximum Gasteiger partial charge on any atom is 0.337 e. The molecule has 0 bridgehead atoms. The average Bonchev–Trinajstić information content (AvgIpc) is 2.40. The summed E-state index contributed by atoms with van der Waals surface area (Å²) in [5, 5.41) is 0. The standard InChI is InChI=1S/C14H9F3O2/c1-19-14(18)9-5-8(6-10(15)7-9)11-3-2-4-12(16)13(11)17/h2-7H,1H3. The quantitative estimate of drug-likeness (QED) is 0.777. The highest BCUT2D eigenvalue weighted by molar-refractivity contribution is 5.91. The van der Waals surface area contributed by atoms with E-state index < -0.39 is 23.4 Å². The summed E-state index contributed by atoms with van der Waals surface area (Å²) < 4.78 is 44.6. The molecule has 0 aromatic heterocycles. The van der Waals surface area contributed by atoms with Crippen molar-refractivity contribution in [2.45, 2.75) is 0 Å². The van der Waals surface area contributed by atoms with Gasteiger partial charge in [-0.05, 0) is 29.8 Å². The number of esters is 1. The zero-order valence-electron chi connectivity index (χ0n) is 9.91. The van der Waals surface area contributed by atoms with E-state index >= 15 is 0 Å². The molecule has 0 aliphatic heterocycles. The van der Waals surface area contributed by atoms with E-state index in [0.717, 1.165) is 25.3 Å². The van der Waals surface area contributed by atoms with E-state index in [1.54, 1.807) is 0 Å². The van der Waals surface area contributed by atoms with Crippen molar-refractivity contribution in [3.05, 3.63) is 59.4 Å². The second kappa shape index (κ2) is 5.14. The van der Waals surface area contributed by atoms with Gasteiger partial charge in [0.2, 0.25) is 0 Å². The van der Waals surface area contributed by atoms with Crippen LogP contribution in [0.15, 0.2) is 36.4 Å². The van der Waals surface area contributed by atoms with Crippen LogP contribution >= 0.6 is 0 Å². The minimum Gasteiger partial charge on any atom is -0.465 e. The number of rotatable bonds is 2. The van der Waals surface area contributed by atoms with E-state index in [9.17, 15) is 18.0 Å². The zero-order valence-corrected chi connectivity index (χ0v) is 9.91. The van der Waals surface area contributed by atoms with Crippen LogP contribution in [0.2, 0.25) is 0 Å². The third kappa shape index (κ3) is 2.59. The Balaban J connectivity index is 2.59. The fraction of sp³-hybridized carbons (Fsp3) is 0.0714. The molecule has 2 aromatic rings. The molecule has 2 nitrogen and oxygen atoms in total. The predicted octanol–water partition coefficient (Wildman–Crippen LogP) is 3.56. The highest BCUT2D eigenvalue weighted by Gasteiger charge is 2.14. The first kappa shape index (κ1) is 13.1. The summed E-state index contributed by atoms with van der Waals surface area (Å²) in [7, 11) is 1.15. The molecule has 2 aromatic carbocycles. The van der Waals surface area contributed by atoms with Crippen LogP contribution in [0.1, 0.15) is 10.4 Å². The molecule has 0 amide bonds. The Morgan fingerprint density at radius 1 is 1.11 bits per heavy atom. The number of carbonyl (C=O) groups excluding carboxylic acids is 1. The summed E-state index contributed by atoms with van der Waals surface area (Å²) in [5.41, 5.74) is -0.122. The smallest absolute Gasteiger partial charge is 0.337 e. The lowest BCUT2D eigenvalue weighted by Gasteiger charge is -2.07. The van der Waals surface area contributed by atoms with Crippen LogP contribution in [0.5, 0.6) is 0 Å². The molecule has 0 fully saturated rings. The number of carbonyl (C=O) groups is 1. The first-order chi connectivity index (χ1) is 9.02. The van der Waals surface area contributed by atoms with E-state index in [2.05, 4.69) is 4.74 Å². The molecule has 0 spiro atoms. The summed E-state index contributed by atoms with van der Waals surface area (Å²) in [6.07, 6.45) is 0. The topological polar surface area (TPSA) is 26.3 Å². The largest absolute Gasteiger partial charge is 0.465 e. The lowest BCUT2D eigenvalue weighted by Crippen LogP contribution is -2.02. The van der Waals surface area contributed by atoms with E-state index in [1.807, 2.05) is 0 Å². The van der Waals surface area contributed by atoms with Gasteiger partial charge in [-0.25, -0.2) is 18.0 Å². The predicted molar refractivity (Wildman–Crippen MR) is 63.1 cm³/mol. The van der Waals surface area contributed by atoms with Crippen LogP contribution < -0.4 is 0 Å². The lowest BCUT2D eigenvalue weighted by molar-refractivity contribution is 0.0600. The maximum absolute atomic E-state index is 13.6. The Bertz CT molecular complexity index is 639. The Morgan fingerprint density at radius 2 is 1.84 bits per heavy atom. The van der Waals surface area contributed by atoms with Gasteiger partial charge >= 0.3 is 5.97 Å². The minimum atomic E-state index is -1.09. The Kier molecular flexibility index (Phi) is 3.55. The van der Waals surface area contributed by atoms with Crippen LogP contribution in [0.25, 0.3) is 11.1 Å². The van der Waals surface area contributed by atoms with Crippen molar-refractivity contribution >= 4 is 5.97 Å². The van der Waals surface area contributed by atoms with Gasteiger partial charge < -0.3 is 4.74 Å². The Morgan fingerprint density at radius 3 is 2.53 bits per heavy atom. The lowest BCUT2D eigenvalue weighted by atomic mass is 10.0. The van der Waals surface area contributed by atoms with Crippen molar-refractivity contribution < 1.29 is 22.7 Å². The SMILES string of the molecule is COC(=O)c1cc(F)cc(-c2cccc(F)c2F)c1. The Labute approximate surface area is 107 Å². The Hall–Kier alpha value is -2.30. The summed E-state index contributed by atoms with van der Waals surface area (Å²) in [6, 6.07) is 6.79. The van der Waals surface area contributed by atoms with Gasteiger partial charge in [0.05, 0.1) is 12.7 Å². The summed E-state index contributed by atoms with van der Waals surface area (Å²) in [6.45, 7) is 0. The number of benzene rings is 2. The number of hydrogen-bond donors (Lipinski definition) is 0. The fourth-order valence-electron chi connectivity index (χ4n) is 1.71. The molecule has 19 heavy (non-hydrogen) atoms. The van der Waals surface area contributed by atoms with E-state index in [4.69, 9.17) is 0 Å². The normalized spacial score (nSPS) is 10.3. The van der Waals surface area contributed by atoms with Gasteiger partial charge in [0.25, 0.3) is 0 Å². The summed E-state index contributed by atoms with van der Waals surface area (Å²) in [4.78, 5) is 11.3.